The highest BCUT2D eigenvalue weighted by Crippen LogP contribution is 2.28. The van der Waals surface area contributed by atoms with E-state index in [0.717, 1.165) is 16.5 Å². The van der Waals surface area contributed by atoms with E-state index in [9.17, 15) is 0 Å². The molecule has 0 saturated carbocycles. The molecule has 2 rings (SSSR count). The Morgan fingerprint density at radius 1 is 1.16 bits per heavy atom. The van der Waals surface area contributed by atoms with Crippen LogP contribution < -0.4 is 5.73 Å². The Morgan fingerprint density at radius 2 is 1.79 bits per heavy atom. The summed E-state index contributed by atoms with van der Waals surface area (Å²) in [6.45, 7) is 4.25. The Bertz CT molecular complexity index is 575. The van der Waals surface area contributed by atoms with E-state index < -0.39 is 0 Å². The van der Waals surface area contributed by atoms with Gasteiger partial charge in [0, 0.05) is 15.5 Å². The largest absolute Gasteiger partial charge is 0.324 e. The van der Waals surface area contributed by atoms with E-state index in [4.69, 9.17) is 17.3 Å². The first-order valence-corrected chi connectivity index (χ1v) is 7.41. The number of benzene rings is 2. The van der Waals surface area contributed by atoms with Crippen molar-refractivity contribution in [1.82, 2.24) is 0 Å². The minimum absolute atomic E-state index is 0.0830. The summed E-state index contributed by atoms with van der Waals surface area (Å²) < 4.78 is 0.973. The molecule has 0 bridgehead atoms. The third-order valence-corrected chi connectivity index (χ3v) is 4.25. The van der Waals surface area contributed by atoms with Gasteiger partial charge < -0.3 is 5.73 Å². The Hall–Kier alpha value is -0.830. The molecule has 2 aromatic rings. The minimum Gasteiger partial charge on any atom is -0.324 e. The normalized spacial score (nSPS) is 12.5. The molecule has 100 valence electrons. The molecule has 1 unspecified atom stereocenters. The second kappa shape index (κ2) is 6.08. The lowest BCUT2D eigenvalue weighted by molar-refractivity contribution is 0.715. The predicted molar refractivity (Wildman–Crippen MR) is 85.7 cm³/mol. The van der Waals surface area contributed by atoms with Gasteiger partial charge in [-0.2, -0.15) is 0 Å². The van der Waals surface area contributed by atoms with Crippen LogP contribution in [0.15, 0.2) is 40.9 Å². The molecular weight excluding hydrogens is 322 g/mol. The van der Waals surface area contributed by atoms with Gasteiger partial charge in [0.15, 0.2) is 0 Å². The Labute approximate surface area is 127 Å². The molecule has 0 heterocycles. The Balaban J connectivity index is 2.28. The number of rotatable bonds is 3. The fourth-order valence-corrected chi connectivity index (χ4v) is 3.12. The predicted octanol–water partition coefficient (Wildman–Crippen LogP) is 4.96. The lowest BCUT2D eigenvalue weighted by Crippen LogP contribution is -2.15. The van der Waals surface area contributed by atoms with E-state index >= 15 is 0 Å². The van der Waals surface area contributed by atoms with Crippen molar-refractivity contribution >= 4 is 27.5 Å². The molecule has 0 spiro atoms. The van der Waals surface area contributed by atoms with Gasteiger partial charge in [-0.3, -0.25) is 0 Å². The van der Waals surface area contributed by atoms with Gasteiger partial charge in [0.05, 0.1) is 0 Å². The zero-order valence-corrected chi connectivity index (χ0v) is 13.4. The molecule has 0 radical (unpaired) electrons. The van der Waals surface area contributed by atoms with Crippen LogP contribution in [0.2, 0.25) is 5.02 Å². The second-order valence-corrected chi connectivity index (χ2v) is 6.17. The minimum atomic E-state index is -0.0830. The van der Waals surface area contributed by atoms with E-state index in [0.29, 0.717) is 5.02 Å². The molecule has 2 N–H and O–H groups in total. The molecular formula is C16H17BrClN. The monoisotopic (exact) mass is 337 g/mol. The highest BCUT2D eigenvalue weighted by Gasteiger charge is 2.13. The summed E-state index contributed by atoms with van der Waals surface area (Å²) >= 11 is 9.67. The molecule has 19 heavy (non-hydrogen) atoms. The van der Waals surface area contributed by atoms with Gasteiger partial charge in [0.1, 0.15) is 0 Å². The standard InChI is InChI=1S/C16H17BrClN/c1-10-4-3-5-11(2)14(10)9-16(19)13-7-6-12(17)8-15(13)18/h3-8,16H,9,19H2,1-2H3. The number of nitrogens with two attached hydrogens (primary N) is 1. The van der Waals surface area contributed by atoms with Crippen LogP contribution in [0.25, 0.3) is 0 Å². The molecule has 0 aliphatic heterocycles. The highest BCUT2D eigenvalue weighted by molar-refractivity contribution is 9.10. The van der Waals surface area contributed by atoms with Crippen LogP contribution in [-0.4, -0.2) is 0 Å². The molecule has 0 fully saturated rings. The van der Waals surface area contributed by atoms with Crippen LogP contribution >= 0.6 is 27.5 Å². The zero-order valence-electron chi connectivity index (χ0n) is 11.1. The maximum Gasteiger partial charge on any atom is 0.0465 e. The van der Waals surface area contributed by atoms with Crippen molar-refractivity contribution in [3.63, 3.8) is 0 Å². The van der Waals surface area contributed by atoms with Crippen molar-refractivity contribution in [1.29, 1.82) is 0 Å². The first-order valence-electron chi connectivity index (χ1n) is 6.24. The van der Waals surface area contributed by atoms with Crippen LogP contribution in [-0.2, 0) is 6.42 Å². The Kier molecular flexibility index (Phi) is 4.67. The molecule has 0 aromatic heterocycles. The van der Waals surface area contributed by atoms with E-state index in [-0.39, 0.29) is 6.04 Å². The summed E-state index contributed by atoms with van der Waals surface area (Å²) in [6, 6.07) is 12.1. The van der Waals surface area contributed by atoms with E-state index in [1.165, 1.54) is 16.7 Å². The van der Waals surface area contributed by atoms with E-state index in [1.54, 1.807) is 0 Å². The van der Waals surface area contributed by atoms with Gasteiger partial charge in [0.2, 0.25) is 0 Å². The average Bonchev–Trinajstić information content (AvgIpc) is 2.33. The van der Waals surface area contributed by atoms with E-state index in [1.807, 2.05) is 18.2 Å². The SMILES string of the molecule is Cc1cccc(C)c1CC(N)c1ccc(Br)cc1Cl. The third kappa shape index (κ3) is 3.38. The van der Waals surface area contributed by atoms with Gasteiger partial charge in [-0.25, -0.2) is 0 Å². The van der Waals surface area contributed by atoms with Gasteiger partial charge in [-0.05, 0) is 54.7 Å². The number of hydrogen-bond acceptors (Lipinski definition) is 1. The summed E-state index contributed by atoms with van der Waals surface area (Å²) in [7, 11) is 0. The molecule has 2 aromatic carbocycles. The molecule has 0 amide bonds. The van der Waals surface area contributed by atoms with Crippen LogP contribution in [0.1, 0.15) is 28.3 Å². The van der Waals surface area contributed by atoms with Crippen LogP contribution in [0.3, 0.4) is 0 Å². The molecule has 0 saturated heterocycles. The zero-order chi connectivity index (χ0) is 14.0. The van der Waals surface area contributed by atoms with Crippen molar-refractivity contribution in [2.45, 2.75) is 26.3 Å². The lowest BCUT2D eigenvalue weighted by atomic mass is 9.93. The van der Waals surface area contributed by atoms with Gasteiger partial charge >= 0.3 is 0 Å². The van der Waals surface area contributed by atoms with Crippen molar-refractivity contribution < 1.29 is 0 Å². The summed E-state index contributed by atoms with van der Waals surface area (Å²) in [5.41, 5.74) is 11.2. The van der Waals surface area contributed by atoms with Gasteiger partial charge in [0.25, 0.3) is 0 Å². The van der Waals surface area contributed by atoms with Crippen LogP contribution in [0, 0.1) is 13.8 Å². The van der Waals surface area contributed by atoms with Gasteiger partial charge in [-0.1, -0.05) is 51.8 Å². The summed E-state index contributed by atoms with van der Waals surface area (Å²) in [5.74, 6) is 0. The molecule has 0 aliphatic carbocycles. The average molecular weight is 339 g/mol. The fourth-order valence-electron chi connectivity index (χ4n) is 2.30. The van der Waals surface area contributed by atoms with Crippen molar-refractivity contribution in [3.8, 4) is 0 Å². The maximum atomic E-state index is 6.32. The third-order valence-electron chi connectivity index (χ3n) is 3.43. The summed E-state index contributed by atoms with van der Waals surface area (Å²) in [6.07, 6.45) is 0.805. The topological polar surface area (TPSA) is 26.0 Å². The highest BCUT2D eigenvalue weighted by atomic mass is 79.9. The quantitative estimate of drug-likeness (QED) is 0.841. The molecule has 1 atom stereocenters. The van der Waals surface area contributed by atoms with Crippen molar-refractivity contribution in [3.05, 3.63) is 68.1 Å². The van der Waals surface area contributed by atoms with Crippen molar-refractivity contribution in [2.75, 3.05) is 0 Å². The lowest BCUT2D eigenvalue weighted by Gasteiger charge is -2.17. The number of hydrogen-bond donors (Lipinski definition) is 1. The van der Waals surface area contributed by atoms with Crippen LogP contribution in [0.5, 0.6) is 0 Å². The van der Waals surface area contributed by atoms with E-state index in [2.05, 4.69) is 48.0 Å². The van der Waals surface area contributed by atoms with Crippen molar-refractivity contribution in [2.24, 2.45) is 5.73 Å². The first-order chi connectivity index (χ1) is 8.99. The molecule has 0 aliphatic rings. The number of aryl methyl sites for hydroxylation is 2. The Morgan fingerprint density at radius 3 is 2.37 bits per heavy atom. The maximum absolute atomic E-state index is 6.32. The molecule has 3 heteroatoms. The van der Waals surface area contributed by atoms with Gasteiger partial charge in [-0.15, -0.1) is 0 Å². The molecule has 1 nitrogen and oxygen atoms in total. The fraction of sp³-hybridized carbons (Fsp3) is 0.250. The second-order valence-electron chi connectivity index (χ2n) is 4.85. The number of halogens is 2. The smallest absolute Gasteiger partial charge is 0.0465 e. The van der Waals surface area contributed by atoms with Crippen LogP contribution in [0.4, 0.5) is 0 Å². The summed E-state index contributed by atoms with van der Waals surface area (Å²) in [5, 5.41) is 0.716. The first kappa shape index (κ1) is 14.6. The summed E-state index contributed by atoms with van der Waals surface area (Å²) in [4.78, 5) is 0.